The van der Waals surface area contributed by atoms with Gasteiger partial charge in [0, 0.05) is 12.4 Å². The average Bonchev–Trinajstić information content (AvgIpc) is 2.29. The molecule has 0 aromatic carbocycles. The van der Waals surface area contributed by atoms with Crippen LogP contribution in [0.5, 0.6) is 0 Å². The second-order valence-electron chi connectivity index (χ2n) is 2.52. The van der Waals surface area contributed by atoms with Crippen LogP contribution in [-0.2, 0) is 4.74 Å². The minimum atomic E-state index is -0.359. The highest BCUT2D eigenvalue weighted by Gasteiger charge is 2.02. The summed E-state index contributed by atoms with van der Waals surface area (Å²) >= 11 is 0. The fourth-order valence-corrected chi connectivity index (χ4v) is 0.900. The largest absolute Gasteiger partial charge is 0.471 e. The lowest BCUT2D eigenvalue weighted by Crippen LogP contribution is -2.02. The molecule has 2 rings (SSSR count). The monoisotopic (exact) mass is 188 g/mol. The van der Waals surface area contributed by atoms with Gasteiger partial charge in [-0.3, -0.25) is 4.98 Å². The van der Waals surface area contributed by atoms with Crippen LogP contribution >= 0.6 is 0 Å². The van der Waals surface area contributed by atoms with Crippen molar-refractivity contribution >= 4 is 5.82 Å². The van der Waals surface area contributed by atoms with Crippen LogP contribution in [0.3, 0.4) is 0 Å². The highest BCUT2D eigenvalue weighted by Crippen LogP contribution is 2.09. The first kappa shape index (κ1) is 8.55. The highest BCUT2D eigenvalue weighted by atomic mass is 16.5. The van der Waals surface area contributed by atoms with E-state index in [1.807, 2.05) is 6.08 Å². The number of nitrogens with zero attached hydrogens (tertiary/aromatic N) is 4. The molecule has 0 N–H and O–H groups in total. The van der Waals surface area contributed by atoms with Gasteiger partial charge in [0.15, 0.2) is 5.82 Å². The van der Waals surface area contributed by atoms with E-state index < -0.39 is 0 Å². The van der Waals surface area contributed by atoms with Crippen molar-refractivity contribution in [2.45, 2.75) is 6.23 Å². The van der Waals surface area contributed by atoms with Crippen molar-refractivity contribution in [3.05, 3.63) is 43.1 Å². The summed E-state index contributed by atoms with van der Waals surface area (Å²) in [5.74, 6) is 0.471. The van der Waals surface area contributed by atoms with Gasteiger partial charge in [0.2, 0.25) is 6.23 Å². The molecule has 0 saturated carbocycles. The van der Waals surface area contributed by atoms with Crippen molar-refractivity contribution in [3.63, 3.8) is 0 Å². The van der Waals surface area contributed by atoms with Crippen molar-refractivity contribution in [3.8, 4) is 0 Å². The van der Waals surface area contributed by atoms with E-state index in [2.05, 4.69) is 20.2 Å². The van der Waals surface area contributed by atoms with Gasteiger partial charge in [-0.25, -0.2) is 4.98 Å². The Labute approximate surface area is 80.9 Å². The maximum Gasteiger partial charge on any atom is 0.227 e. The Hall–Kier alpha value is -2.04. The van der Waals surface area contributed by atoms with E-state index in [0.29, 0.717) is 5.82 Å². The second kappa shape index (κ2) is 4.27. The van der Waals surface area contributed by atoms with Crippen LogP contribution in [0.15, 0.2) is 53.3 Å². The van der Waals surface area contributed by atoms with Gasteiger partial charge in [-0.1, -0.05) is 6.08 Å². The molecule has 1 aromatic heterocycles. The molecule has 5 heteroatoms. The minimum absolute atomic E-state index is 0.359. The van der Waals surface area contributed by atoms with Crippen molar-refractivity contribution < 1.29 is 4.74 Å². The van der Waals surface area contributed by atoms with E-state index in [1.165, 1.54) is 6.20 Å². The Morgan fingerprint density at radius 2 is 2.29 bits per heavy atom. The molecular formula is C9H8N4O. The molecule has 0 bridgehead atoms. The topological polar surface area (TPSA) is 59.7 Å². The van der Waals surface area contributed by atoms with E-state index in [-0.39, 0.29) is 6.23 Å². The molecule has 1 atom stereocenters. The van der Waals surface area contributed by atoms with Crippen molar-refractivity contribution in [2.75, 3.05) is 0 Å². The van der Waals surface area contributed by atoms with E-state index >= 15 is 0 Å². The van der Waals surface area contributed by atoms with Gasteiger partial charge < -0.3 is 4.74 Å². The predicted molar refractivity (Wildman–Crippen MR) is 49.7 cm³/mol. The maximum absolute atomic E-state index is 5.12. The van der Waals surface area contributed by atoms with Gasteiger partial charge in [0.05, 0.1) is 12.5 Å². The van der Waals surface area contributed by atoms with Crippen LogP contribution in [0, 0.1) is 0 Å². The quantitative estimate of drug-likeness (QED) is 0.667. The van der Waals surface area contributed by atoms with Gasteiger partial charge >= 0.3 is 0 Å². The molecule has 14 heavy (non-hydrogen) atoms. The zero-order chi connectivity index (χ0) is 9.64. The zero-order valence-corrected chi connectivity index (χ0v) is 7.32. The van der Waals surface area contributed by atoms with Crippen LogP contribution in [0.25, 0.3) is 0 Å². The second-order valence-corrected chi connectivity index (χ2v) is 2.52. The molecule has 1 aliphatic rings. The Kier molecular flexibility index (Phi) is 2.61. The van der Waals surface area contributed by atoms with Gasteiger partial charge in [0.1, 0.15) is 0 Å². The summed E-state index contributed by atoms with van der Waals surface area (Å²) in [6.07, 6.45) is 11.3. The summed E-state index contributed by atoms with van der Waals surface area (Å²) in [6.45, 7) is 0. The Balaban J connectivity index is 2.01. The lowest BCUT2D eigenvalue weighted by molar-refractivity contribution is 0.185. The SMILES string of the molecule is C1=COC(N=Nc2cnccn2)C=C1. The van der Waals surface area contributed by atoms with E-state index in [4.69, 9.17) is 4.74 Å². The first-order valence-corrected chi connectivity index (χ1v) is 4.11. The van der Waals surface area contributed by atoms with Gasteiger partial charge in [-0.2, -0.15) is 0 Å². The third kappa shape index (κ3) is 2.22. The number of ether oxygens (including phenoxy) is 1. The molecule has 5 nitrogen and oxygen atoms in total. The normalized spacial score (nSPS) is 19.9. The van der Waals surface area contributed by atoms with Crippen LogP contribution in [0.4, 0.5) is 5.82 Å². The summed E-state index contributed by atoms with van der Waals surface area (Å²) in [5.41, 5.74) is 0. The predicted octanol–water partition coefficient (Wildman–Crippen LogP) is 1.99. The fourth-order valence-electron chi connectivity index (χ4n) is 0.900. The van der Waals surface area contributed by atoms with Crippen LogP contribution in [0.2, 0.25) is 0 Å². The summed E-state index contributed by atoms with van der Waals surface area (Å²) in [4.78, 5) is 7.80. The lowest BCUT2D eigenvalue weighted by Gasteiger charge is -2.07. The Morgan fingerprint density at radius 3 is 3.00 bits per heavy atom. The first-order valence-electron chi connectivity index (χ1n) is 4.11. The molecule has 2 heterocycles. The molecule has 70 valence electrons. The van der Waals surface area contributed by atoms with Crippen molar-refractivity contribution in [1.82, 2.24) is 9.97 Å². The molecule has 0 amide bonds. The first-order chi connectivity index (χ1) is 6.95. The zero-order valence-electron chi connectivity index (χ0n) is 7.32. The number of aromatic nitrogens is 2. The van der Waals surface area contributed by atoms with Gasteiger partial charge in [-0.05, 0) is 12.2 Å². The van der Waals surface area contributed by atoms with Crippen molar-refractivity contribution in [1.29, 1.82) is 0 Å². The molecular weight excluding hydrogens is 180 g/mol. The van der Waals surface area contributed by atoms with E-state index in [1.54, 1.807) is 30.8 Å². The van der Waals surface area contributed by atoms with E-state index in [0.717, 1.165) is 0 Å². The van der Waals surface area contributed by atoms with Gasteiger partial charge in [-0.15, -0.1) is 10.2 Å². The smallest absolute Gasteiger partial charge is 0.227 e. The highest BCUT2D eigenvalue weighted by molar-refractivity contribution is 5.19. The van der Waals surface area contributed by atoms with Gasteiger partial charge in [0.25, 0.3) is 0 Å². The summed E-state index contributed by atoms with van der Waals surface area (Å²) in [5, 5.41) is 7.79. The van der Waals surface area contributed by atoms with Crippen molar-refractivity contribution in [2.24, 2.45) is 10.2 Å². The van der Waals surface area contributed by atoms with Crippen LogP contribution < -0.4 is 0 Å². The number of hydrogen-bond acceptors (Lipinski definition) is 5. The summed E-state index contributed by atoms with van der Waals surface area (Å²) in [7, 11) is 0. The maximum atomic E-state index is 5.12. The Bertz CT molecular complexity index is 372. The van der Waals surface area contributed by atoms with Crippen LogP contribution in [-0.4, -0.2) is 16.2 Å². The molecule has 0 radical (unpaired) electrons. The number of hydrogen-bond donors (Lipinski definition) is 0. The molecule has 1 unspecified atom stereocenters. The molecule has 0 spiro atoms. The standard InChI is InChI=1S/C9H8N4O/c1-2-6-14-9(3-1)13-12-8-7-10-4-5-11-8/h1-7,9H. The lowest BCUT2D eigenvalue weighted by atomic mass is 10.4. The van der Waals surface area contributed by atoms with Crippen LogP contribution in [0.1, 0.15) is 0 Å². The minimum Gasteiger partial charge on any atom is -0.471 e. The summed E-state index contributed by atoms with van der Waals surface area (Å²) < 4.78 is 5.12. The third-order valence-electron chi connectivity index (χ3n) is 1.51. The molecule has 1 aliphatic heterocycles. The fraction of sp³-hybridized carbons (Fsp3) is 0.111. The molecule has 0 fully saturated rings. The molecule has 0 saturated heterocycles. The number of allylic oxidation sites excluding steroid dienone is 2. The summed E-state index contributed by atoms with van der Waals surface area (Å²) in [6, 6.07) is 0. The average molecular weight is 188 g/mol. The Morgan fingerprint density at radius 1 is 1.29 bits per heavy atom. The third-order valence-corrected chi connectivity index (χ3v) is 1.51. The molecule has 1 aromatic rings. The van der Waals surface area contributed by atoms with E-state index in [9.17, 15) is 0 Å². The molecule has 0 aliphatic carbocycles. The number of rotatable bonds is 2. The number of azo groups is 1.